The van der Waals surface area contributed by atoms with Crippen molar-refractivity contribution in [1.29, 1.82) is 0 Å². The maximum Gasteiger partial charge on any atom is 0.343 e. The zero-order valence-electron chi connectivity index (χ0n) is 19.2. The summed E-state index contributed by atoms with van der Waals surface area (Å²) in [5.74, 6) is 0.623. The second-order valence-corrected chi connectivity index (χ2v) is 8.50. The third kappa shape index (κ3) is 6.21. The minimum Gasteiger partial charge on any atom is -0.423 e. The van der Waals surface area contributed by atoms with E-state index in [9.17, 15) is 9.59 Å². The van der Waals surface area contributed by atoms with Gasteiger partial charge in [-0.25, -0.2) is 10.2 Å². The van der Waals surface area contributed by atoms with Gasteiger partial charge in [0.05, 0.1) is 17.5 Å². The van der Waals surface area contributed by atoms with Crippen LogP contribution in [0.1, 0.15) is 27.3 Å². The second-order valence-electron chi connectivity index (χ2n) is 7.56. The van der Waals surface area contributed by atoms with Crippen molar-refractivity contribution in [2.45, 2.75) is 19.0 Å². The van der Waals surface area contributed by atoms with E-state index >= 15 is 0 Å². The van der Waals surface area contributed by atoms with E-state index in [0.717, 1.165) is 22.6 Å². The fourth-order valence-electron chi connectivity index (χ4n) is 3.24. The van der Waals surface area contributed by atoms with Crippen LogP contribution < -0.4 is 10.2 Å². The molecule has 1 heterocycles. The van der Waals surface area contributed by atoms with Crippen LogP contribution in [0, 0.1) is 13.8 Å². The summed E-state index contributed by atoms with van der Waals surface area (Å²) in [6, 6.07) is 23.8. The van der Waals surface area contributed by atoms with Gasteiger partial charge in [0.1, 0.15) is 11.6 Å². The molecule has 4 rings (SSSR count). The molecule has 0 bridgehead atoms. The highest BCUT2D eigenvalue weighted by molar-refractivity contribution is 7.99. The van der Waals surface area contributed by atoms with E-state index in [1.807, 2.05) is 60.9 Å². The molecule has 0 spiro atoms. The molecule has 0 saturated carbocycles. The van der Waals surface area contributed by atoms with Gasteiger partial charge in [0, 0.05) is 5.69 Å². The van der Waals surface area contributed by atoms with Crippen LogP contribution in [0.25, 0.3) is 5.69 Å². The average Bonchev–Trinajstić information content (AvgIpc) is 3.24. The molecule has 0 atom stereocenters. The first-order chi connectivity index (χ1) is 17.0. The van der Waals surface area contributed by atoms with Crippen LogP contribution >= 0.6 is 11.8 Å². The molecule has 0 fully saturated rings. The quantitative estimate of drug-likeness (QED) is 0.131. The number of rotatable bonds is 8. The third-order valence-electron chi connectivity index (χ3n) is 5.00. The first-order valence-corrected chi connectivity index (χ1v) is 11.8. The summed E-state index contributed by atoms with van der Waals surface area (Å²) in [7, 11) is 0. The number of carbonyl (C=O) groups excluding carboxylic acids is 2. The van der Waals surface area contributed by atoms with E-state index in [1.54, 1.807) is 36.4 Å². The van der Waals surface area contributed by atoms with Crippen LogP contribution in [0.3, 0.4) is 0 Å². The Morgan fingerprint density at radius 2 is 1.69 bits per heavy atom. The summed E-state index contributed by atoms with van der Waals surface area (Å²) in [4.78, 5) is 24.6. The standard InChI is InChI=1S/C26H23N5O3S/c1-18-8-6-7-11-23(18)25(33)34-22-14-12-20(13-15-22)16-27-29-24(32)17-35-26-30-28-19(2)31(26)21-9-4-3-5-10-21/h3-16H,17H2,1-2H3,(H,29,32)/b27-16+. The number of aromatic nitrogens is 3. The highest BCUT2D eigenvalue weighted by atomic mass is 32.2. The first kappa shape index (κ1) is 23.9. The van der Waals surface area contributed by atoms with Gasteiger partial charge in [0.2, 0.25) is 0 Å². The molecule has 1 aromatic heterocycles. The van der Waals surface area contributed by atoms with Gasteiger partial charge in [0.15, 0.2) is 5.16 Å². The Morgan fingerprint density at radius 1 is 0.971 bits per heavy atom. The number of aryl methyl sites for hydroxylation is 2. The zero-order chi connectivity index (χ0) is 24.6. The van der Waals surface area contributed by atoms with Crippen molar-refractivity contribution in [1.82, 2.24) is 20.2 Å². The molecule has 8 nitrogen and oxygen atoms in total. The lowest BCUT2D eigenvalue weighted by molar-refractivity contribution is -0.118. The summed E-state index contributed by atoms with van der Waals surface area (Å²) in [5, 5.41) is 12.9. The number of hydrogen-bond acceptors (Lipinski definition) is 7. The molecular weight excluding hydrogens is 462 g/mol. The number of hydrogen-bond donors (Lipinski definition) is 1. The van der Waals surface area contributed by atoms with Gasteiger partial charge in [-0.2, -0.15) is 5.10 Å². The minimum atomic E-state index is -0.410. The largest absolute Gasteiger partial charge is 0.423 e. The molecule has 0 aliphatic carbocycles. The number of ether oxygens (including phenoxy) is 1. The van der Waals surface area contributed by atoms with E-state index < -0.39 is 5.97 Å². The fourth-order valence-corrected chi connectivity index (χ4v) is 4.03. The Labute approximate surface area is 207 Å². The van der Waals surface area contributed by atoms with Crippen molar-refractivity contribution in [3.63, 3.8) is 0 Å². The Hall–Kier alpha value is -4.24. The van der Waals surface area contributed by atoms with Crippen molar-refractivity contribution in [2.75, 3.05) is 5.75 Å². The van der Waals surface area contributed by atoms with Gasteiger partial charge < -0.3 is 4.74 Å². The Balaban J connectivity index is 1.28. The summed E-state index contributed by atoms with van der Waals surface area (Å²) >= 11 is 1.28. The van der Waals surface area contributed by atoms with Gasteiger partial charge in [-0.1, -0.05) is 48.2 Å². The smallest absolute Gasteiger partial charge is 0.343 e. The van der Waals surface area contributed by atoms with Crippen molar-refractivity contribution in [3.05, 3.63) is 101 Å². The molecule has 0 radical (unpaired) electrons. The van der Waals surface area contributed by atoms with E-state index in [4.69, 9.17) is 4.74 Å². The molecule has 0 aliphatic heterocycles. The number of esters is 1. The predicted octanol–water partition coefficient (Wildman–Crippen LogP) is 4.35. The average molecular weight is 486 g/mol. The molecule has 35 heavy (non-hydrogen) atoms. The molecule has 1 N–H and O–H groups in total. The number of amides is 1. The normalized spacial score (nSPS) is 10.9. The first-order valence-electron chi connectivity index (χ1n) is 10.8. The maximum absolute atomic E-state index is 12.3. The molecule has 9 heteroatoms. The highest BCUT2D eigenvalue weighted by Gasteiger charge is 2.13. The summed E-state index contributed by atoms with van der Waals surface area (Å²) in [6.45, 7) is 3.72. The Morgan fingerprint density at radius 3 is 2.43 bits per heavy atom. The number of para-hydroxylation sites is 1. The summed E-state index contributed by atoms with van der Waals surface area (Å²) in [6.07, 6.45) is 1.52. The lowest BCUT2D eigenvalue weighted by atomic mass is 10.1. The Bertz CT molecular complexity index is 1350. The van der Waals surface area contributed by atoms with Crippen LogP contribution in [0.15, 0.2) is 89.1 Å². The molecule has 0 unspecified atom stereocenters. The van der Waals surface area contributed by atoms with E-state index in [1.165, 1.54) is 18.0 Å². The van der Waals surface area contributed by atoms with Gasteiger partial charge in [-0.05, 0) is 67.4 Å². The van der Waals surface area contributed by atoms with E-state index in [0.29, 0.717) is 16.5 Å². The van der Waals surface area contributed by atoms with E-state index in [-0.39, 0.29) is 11.7 Å². The van der Waals surface area contributed by atoms with Crippen molar-refractivity contribution < 1.29 is 14.3 Å². The lowest BCUT2D eigenvalue weighted by Crippen LogP contribution is -2.20. The highest BCUT2D eigenvalue weighted by Crippen LogP contribution is 2.21. The van der Waals surface area contributed by atoms with Gasteiger partial charge in [-0.3, -0.25) is 9.36 Å². The molecule has 4 aromatic rings. The van der Waals surface area contributed by atoms with Crippen LogP contribution in [0.5, 0.6) is 5.75 Å². The molecular formula is C26H23N5O3S. The molecule has 0 saturated heterocycles. The number of benzene rings is 3. The third-order valence-corrected chi connectivity index (χ3v) is 5.93. The van der Waals surface area contributed by atoms with Gasteiger partial charge in [-0.15, -0.1) is 10.2 Å². The molecule has 1 amide bonds. The number of nitrogens with zero attached hydrogens (tertiary/aromatic N) is 4. The number of hydrazone groups is 1. The molecule has 0 aliphatic rings. The van der Waals surface area contributed by atoms with Crippen molar-refractivity contribution in [2.24, 2.45) is 5.10 Å². The minimum absolute atomic E-state index is 0.135. The summed E-state index contributed by atoms with van der Waals surface area (Å²) < 4.78 is 7.32. The topological polar surface area (TPSA) is 98.5 Å². The lowest BCUT2D eigenvalue weighted by Gasteiger charge is -2.07. The number of nitrogens with one attached hydrogen (secondary N) is 1. The second kappa shape index (κ2) is 11.3. The SMILES string of the molecule is Cc1ccccc1C(=O)Oc1ccc(/C=N/NC(=O)CSc2nnc(C)n2-c2ccccc2)cc1. The van der Waals surface area contributed by atoms with Crippen LogP contribution in [-0.4, -0.2) is 38.6 Å². The predicted molar refractivity (Wildman–Crippen MR) is 135 cm³/mol. The monoisotopic (exact) mass is 485 g/mol. The van der Waals surface area contributed by atoms with Crippen LogP contribution in [0.2, 0.25) is 0 Å². The zero-order valence-corrected chi connectivity index (χ0v) is 20.0. The maximum atomic E-state index is 12.3. The summed E-state index contributed by atoms with van der Waals surface area (Å²) in [5.41, 5.74) is 5.56. The van der Waals surface area contributed by atoms with Crippen LogP contribution in [-0.2, 0) is 4.79 Å². The molecule has 3 aromatic carbocycles. The van der Waals surface area contributed by atoms with E-state index in [2.05, 4.69) is 20.7 Å². The van der Waals surface area contributed by atoms with Gasteiger partial charge in [0.25, 0.3) is 5.91 Å². The van der Waals surface area contributed by atoms with Crippen LogP contribution in [0.4, 0.5) is 0 Å². The Kier molecular flexibility index (Phi) is 7.69. The number of thioether (sulfide) groups is 1. The molecule has 176 valence electrons. The van der Waals surface area contributed by atoms with Gasteiger partial charge >= 0.3 is 5.97 Å². The van der Waals surface area contributed by atoms with Crippen molar-refractivity contribution in [3.8, 4) is 11.4 Å². The fraction of sp³-hybridized carbons (Fsp3) is 0.115. The van der Waals surface area contributed by atoms with Crippen molar-refractivity contribution >= 4 is 29.9 Å². The number of carbonyl (C=O) groups is 2.